The highest BCUT2D eigenvalue weighted by atomic mass is 16.5. The fourth-order valence-corrected chi connectivity index (χ4v) is 4.13. The zero-order valence-electron chi connectivity index (χ0n) is 19.2. The predicted molar refractivity (Wildman–Crippen MR) is 135 cm³/mol. The molecule has 174 valence electrons. The molecule has 0 radical (unpaired) electrons. The molecule has 6 heteroatoms. The van der Waals surface area contributed by atoms with Gasteiger partial charge in [0.2, 0.25) is 5.90 Å². The number of carbonyl (C=O) groups excluding carboxylic acids is 1. The van der Waals surface area contributed by atoms with Crippen molar-refractivity contribution in [2.24, 2.45) is 10.2 Å². The van der Waals surface area contributed by atoms with Crippen LogP contribution < -0.4 is 5.32 Å². The number of hydrogen-bond acceptors (Lipinski definition) is 5. The summed E-state index contributed by atoms with van der Waals surface area (Å²) in [7, 11) is 0. The number of benzene rings is 3. The monoisotopic (exact) mass is 463 g/mol. The van der Waals surface area contributed by atoms with E-state index in [0.29, 0.717) is 17.4 Å². The molecule has 35 heavy (non-hydrogen) atoms. The number of rotatable bonds is 7. The lowest BCUT2D eigenvalue weighted by Crippen LogP contribution is -2.39. The second-order valence-corrected chi connectivity index (χ2v) is 8.27. The van der Waals surface area contributed by atoms with Crippen LogP contribution in [0.4, 0.5) is 0 Å². The van der Waals surface area contributed by atoms with Crippen molar-refractivity contribution in [3.05, 3.63) is 132 Å². The predicted octanol–water partition coefficient (Wildman–Crippen LogP) is 5.49. The maximum Gasteiger partial charge on any atom is 0.261 e. The van der Waals surface area contributed by atoms with Gasteiger partial charge in [0.05, 0.1) is 12.3 Å². The third kappa shape index (κ3) is 4.92. The zero-order chi connectivity index (χ0) is 24.0. The highest BCUT2D eigenvalue weighted by Gasteiger charge is 2.35. The van der Waals surface area contributed by atoms with E-state index in [2.05, 4.69) is 15.5 Å². The Morgan fingerprint density at radius 1 is 0.829 bits per heavy atom. The number of furan rings is 1. The molecule has 1 aliphatic heterocycles. The van der Waals surface area contributed by atoms with Gasteiger partial charge in [-0.05, 0) is 35.7 Å². The Bertz CT molecular complexity index is 1280. The van der Waals surface area contributed by atoms with Crippen LogP contribution in [0.3, 0.4) is 0 Å². The lowest BCUT2D eigenvalue weighted by Gasteiger charge is -2.24. The number of ether oxygens (including phenoxy) is 1. The van der Waals surface area contributed by atoms with Crippen LogP contribution in [-0.2, 0) is 9.53 Å². The van der Waals surface area contributed by atoms with Gasteiger partial charge < -0.3 is 14.5 Å². The Hall–Kier alpha value is -4.45. The van der Waals surface area contributed by atoms with Crippen LogP contribution in [0, 0.1) is 0 Å². The summed E-state index contributed by atoms with van der Waals surface area (Å²) in [5.74, 6) is 0.369. The second-order valence-electron chi connectivity index (χ2n) is 8.27. The minimum atomic E-state index is -0.791. The molecule has 1 aliphatic rings. The Balaban J connectivity index is 1.35. The maximum absolute atomic E-state index is 13.3. The summed E-state index contributed by atoms with van der Waals surface area (Å²) in [6.45, 7) is 1.72. The molecule has 2 unspecified atom stereocenters. The molecular formula is C29H25N3O3. The molecule has 3 aromatic carbocycles. The summed E-state index contributed by atoms with van der Waals surface area (Å²) in [6.07, 6.45) is 0.809. The van der Waals surface area contributed by atoms with E-state index in [1.807, 2.05) is 103 Å². The largest absolute Gasteiger partial charge is 0.466 e. The summed E-state index contributed by atoms with van der Waals surface area (Å²) in [5, 5.41) is 11.8. The maximum atomic E-state index is 13.3. The number of amides is 1. The van der Waals surface area contributed by atoms with Crippen molar-refractivity contribution >= 4 is 17.5 Å². The Morgan fingerprint density at radius 2 is 1.43 bits per heavy atom. The highest BCUT2D eigenvalue weighted by Crippen LogP contribution is 2.30. The first-order valence-electron chi connectivity index (χ1n) is 11.5. The summed E-state index contributed by atoms with van der Waals surface area (Å²) < 4.78 is 11.7. The van der Waals surface area contributed by atoms with E-state index in [0.717, 1.165) is 16.7 Å². The van der Waals surface area contributed by atoms with Crippen LogP contribution in [0.15, 0.2) is 124 Å². The van der Waals surface area contributed by atoms with Crippen LogP contribution in [0.25, 0.3) is 0 Å². The van der Waals surface area contributed by atoms with Crippen LogP contribution in [0.2, 0.25) is 0 Å². The minimum Gasteiger partial charge on any atom is -0.466 e. The molecule has 0 saturated heterocycles. The van der Waals surface area contributed by atoms with Gasteiger partial charge in [0.25, 0.3) is 5.91 Å². The van der Waals surface area contributed by atoms with Gasteiger partial charge in [-0.3, -0.25) is 4.79 Å². The summed E-state index contributed by atoms with van der Waals surface area (Å²) in [6, 6.07) is 32.9. The van der Waals surface area contributed by atoms with E-state index in [1.165, 1.54) is 0 Å². The summed E-state index contributed by atoms with van der Waals surface area (Å²) in [5.41, 5.74) is 3.58. The zero-order valence-corrected chi connectivity index (χ0v) is 19.2. The molecule has 0 saturated carbocycles. The molecule has 0 fully saturated rings. The van der Waals surface area contributed by atoms with Gasteiger partial charge in [0.1, 0.15) is 11.6 Å². The van der Waals surface area contributed by atoms with E-state index in [-0.39, 0.29) is 17.9 Å². The molecule has 2 heterocycles. The molecule has 6 nitrogen and oxygen atoms in total. The number of carbonyl (C=O) groups is 1. The Kier molecular flexibility index (Phi) is 6.52. The summed E-state index contributed by atoms with van der Waals surface area (Å²) >= 11 is 0. The van der Waals surface area contributed by atoms with Crippen molar-refractivity contribution < 1.29 is 13.9 Å². The quantitative estimate of drug-likeness (QED) is 0.394. The highest BCUT2D eigenvalue weighted by molar-refractivity contribution is 6.18. The molecule has 1 aromatic heterocycles. The second kappa shape index (κ2) is 10.2. The normalized spacial score (nSPS) is 15.9. The molecule has 5 rings (SSSR count). The number of nitrogens with one attached hydrogen (secondary N) is 1. The van der Waals surface area contributed by atoms with Crippen molar-refractivity contribution in [3.8, 4) is 0 Å². The van der Waals surface area contributed by atoms with Crippen molar-refractivity contribution in [1.82, 2.24) is 5.32 Å². The van der Waals surface area contributed by atoms with Crippen LogP contribution in [0.1, 0.15) is 41.3 Å². The van der Waals surface area contributed by atoms with Gasteiger partial charge in [-0.25, -0.2) is 0 Å². The molecule has 0 aliphatic carbocycles. The van der Waals surface area contributed by atoms with Crippen molar-refractivity contribution in [2.75, 3.05) is 0 Å². The number of nitrogens with zero attached hydrogens (tertiary/aromatic N) is 2. The lowest BCUT2D eigenvalue weighted by atomic mass is 9.93. The van der Waals surface area contributed by atoms with Crippen LogP contribution in [0.5, 0.6) is 0 Å². The topological polar surface area (TPSA) is 76.2 Å². The van der Waals surface area contributed by atoms with Gasteiger partial charge in [0.15, 0.2) is 11.9 Å². The van der Waals surface area contributed by atoms with E-state index in [1.54, 1.807) is 13.2 Å². The first kappa shape index (κ1) is 22.3. The average molecular weight is 464 g/mol. The van der Waals surface area contributed by atoms with Crippen molar-refractivity contribution in [3.63, 3.8) is 0 Å². The Labute approximate surface area is 204 Å². The third-order valence-corrected chi connectivity index (χ3v) is 5.90. The smallest absolute Gasteiger partial charge is 0.261 e. The first-order valence-corrected chi connectivity index (χ1v) is 11.5. The first-order chi connectivity index (χ1) is 17.2. The van der Waals surface area contributed by atoms with E-state index in [9.17, 15) is 4.79 Å². The molecule has 0 bridgehead atoms. The van der Waals surface area contributed by atoms with Crippen molar-refractivity contribution in [2.45, 2.75) is 25.0 Å². The molecule has 2 atom stereocenters. The van der Waals surface area contributed by atoms with Gasteiger partial charge in [-0.15, -0.1) is 10.2 Å². The van der Waals surface area contributed by atoms with Crippen LogP contribution in [-0.4, -0.2) is 23.6 Å². The van der Waals surface area contributed by atoms with Gasteiger partial charge in [-0.2, -0.15) is 0 Å². The molecule has 1 amide bonds. The summed E-state index contributed by atoms with van der Waals surface area (Å²) in [4.78, 5) is 13.3. The van der Waals surface area contributed by atoms with Gasteiger partial charge in [-0.1, -0.05) is 91.0 Å². The SMILES string of the molecule is CC(OC1=NN=C(c2ccco2)C1c1ccccc1)C(=O)NC(c1ccccc1)c1ccccc1. The average Bonchev–Trinajstić information content (AvgIpc) is 3.59. The van der Waals surface area contributed by atoms with E-state index in [4.69, 9.17) is 9.15 Å². The Morgan fingerprint density at radius 3 is 2.00 bits per heavy atom. The molecular weight excluding hydrogens is 438 g/mol. The fraction of sp³-hybridized carbons (Fsp3) is 0.138. The van der Waals surface area contributed by atoms with Gasteiger partial charge in [0, 0.05) is 0 Å². The minimum absolute atomic E-state index is 0.247. The lowest BCUT2D eigenvalue weighted by molar-refractivity contribution is -0.128. The van der Waals surface area contributed by atoms with Crippen molar-refractivity contribution in [1.29, 1.82) is 0 Å². The van der Waals surface area contributed by atoms with Crippen LogP contribution >= 0.6 is 0 Å². The fourth-order valence-electron chi connectivity index (χ4n) is 4.13. The third-order valence-electron chi connectivity index (χ3n) is 5.90. The molecule has 1 N–H and O–H groups in total. The molecule has 0 spiro atoms. The standard InChI is InChI=1S/C29H25N3O3/c1-20(28(33)30-26(22-14-7-3-8-15-22)23-16-9-4-10-17-23)35-29-25(21-12-5-2-6-13-21)27(31-32-29)24-18-11-19-34-24/h2-20,25-26H,1H3,(H,30,33). The van der Waals surface area contributed by atoms with Gasteiger partial charge >= 0.3 is 0 Å². The van der Waals surface area contributed by atoms with E-state index < -0.39 is 6.10 Å². The number of hydrogen-bond donors (Lipinski definition) is 1. The molecule has 4 aromatic rings. The van der Waals surface area contributed by atoms with E-state index >= 15 is 0 Å².